The van der Waals surface area contributed by atoms with Crippen molar-refractivity contribution < 1.29 is 19.1 Å². The molecule has 0 aliphatic heterocycles. The summed E-state index contributed by atoms with van der Waals surface area (Å²) < 4.78 is 11.7. The monoisotopic (exact) mass is 625 g/mol. The van der Waals surface area contributed by atoms with Crippen LogP contribution >= 0.6 is 23.2 Å². The van der Waals surface area contributed by atoms with Crippen molar-refractivity contribution in [2.45, 2.75) is 83.7 Å². The summed E-state index contributed by atoms with van der Waals surface area (Å²) in [6.45, 7) is 5.25. The van der Waals surface area contributed by atoms with Gasteiger partial charge in [-0.3, -0.25) is 9.59 Å². The number of carbonyl (C=O) groups excluding carboxylic acids is 2. The number of allylic oxidation sites excluding steroid dienone is 4. The van der Waals surface area contributed by atoms with Crippen molar-refractivity contribution in [3.8, 4) is 12.3 Å². The zero-order chi connectivity index (χ0) is 30.6. The van der Waals surface area contributed by atoms with Gasteiger partial charge in [0.05, 0.1) is 0 Å². The summed E-state index contributed by atoms with van der Waals surface area (Å²) in [5.74, 6) is 6.52. The van der Waals surface area contributed by atoms with E-state index in [-0.39, 0.29) is 17.4 Å². The minimum atomic E-state index is -0.786. The summed E-state index contributed by atoms with van der Waals surface area (Å²) in [5.41, 5.74) is 2.68. The largest absolute Gasteiger partial charge is 0.445 e. The smallest absolute Gasteiger partial charge is 0.310 e. The number of hydrogen-bond acceptors (Lipinski definition) is 5. The number of hydrogen-bond donors (Lipinski definition) is 0. The van der Waals surface area contributed by atoms with Crippen LogP contribution in [0.2, 0.25) is 0 Å². The maximum atomic E-state index is 12.7. The van der Waals surface area contributed by atoms with Gasteiger partial charge in [-0.1, -0.05) is 31.1 Å². The molecule has 0 heterocycles. The molecule has 2 saturated carbocycles. The highest BCUT2D eigenvalue weighted by molar-refractivity contribution is 6.18. The molecule has 0 N–H and O–H groups in total. The molecule has 7 heteroatoms. The zero-order valence-electron chi connectivity index (χ0n) is 25.6. The number of nitrogens with zero attached hydrogens (tertiary/aromatic N) is 1. The van der Waals surface area contributed by atoms with Crippen molar-refractivity contribution in [3.63, 3.8) is 0 Å². The predicted molar refractivity (Wildman–Crippen MR) is 173 cm³/mol. The van der Waals surface area contributed by atoms with Gasteiger partial charge in [0, 0.05) is 55.7 Å². The molecule has 0 saturated heterocycles. The molecule has 5 nitrogen and oxygen atoms in total. The second-order valence-electron chi connectivity index (χ2n) is 13.0. The molecule has 2 fully saturated rings. The zero-order valence-corrected chi connectivity index (χ0v) is 27.1. The molecule has 0 aromatic heterocycles. The van der Waals surface area contributed by atoms with E-state index in [9.17, 15) is 9.59 Å². The van der Waals surface area contributed by atoms with Gasteiger partial charge in [0.2, 0.25) is 0 Å². The van der Waals surface area contributed by atoms with Gasteiger partial charge in [0.1, 0.15) is 5.76 Å². The number of halogens is 2. The van der Waals surface area contributed by atoms with Gasteiger partial charge in [-0.15, -0.1) is 29.6 Å². The van der Waals surface area contributed by atoms with Crippen LogP contribution in [-0.4, -0.2) is 42.4 Å². The molecule has 232 valence electrons. The molecule has 0 unspecified atom stereocenters. The summed E-state index contributed by atoms with van der Waals surface area (Å²) in [4.78, 5) is 26.9. The van der Waals surface area contributed by atoms with Crippen LogP contribution < -0.4 is 4.90 Å². The molecule has 1 aromatic carbocycles. The van der Waals surface area contributed by atoms with Gasteiger partial charge in [-0.05, 0) is 104 Å². The third kappa shape index (κ3) is 6.52. The van der Waals surface area contributed by atoms with Gasteiger partial charge < -0.3 is 14.4 Å². The number of alkyl halides is 2. The molecule has 0 radical (unpaired) electrons. The van der Waals surface area contributed by atoms with Crippen LogP contribution in [0.5, 0.6) is 0 Å². The molecular formula is C36H45Cl2NO4. The number of benzene rings is 1. The van der Waals surface area contributed by atoms with Crippen molar-refractivity contribution in [1.82, 2.24) is 0 Å². The molecule has 0 amide bonds. The number of aryl methyl sites for hydroxylation is 1. The highest BCUT2D eigenvalue weighted by Gasteiger charge is 2.64. The van der Waals surface area contributed by atoms with E-state index in [1.807, 2.05) is 0 Å². The van der Waals surface area contributed by atoms with E-state index in [2.05, 4.69) is 54.2 Å². The third-order valence-corrected chi connectivity index (χ3v) is 11.2. The lowest BCUT2D eigenvalue weighted by Gasteiger charge is -2.54. The fourth-order valence-corrected chi connectivity index (χ4v) is 9.18. The molecule has 6 atom stereocenters. The summed E-state index contributed by atoms with van der Waals surface area (Å²) in [6, 6.07) is 8.43. The molecule has 43 heavy (non-hydrogen) atoms. The topological polar surface area (TPSA) is 55.8 Å². The molecule has 0 spiro atoms. The first-order chi connectivity index (χ1) is 20.7. The maximum absolute atomic E-state index is 12.7. The standard InChI is InChI=1S/C36H45Cl2NO4/c1-4-36(43-25(2)40)19-17-33-32-14-10-27-24-29(13-15-30(27)31(32)16-18-35(33,36)3)42-34(41)7-5-6-26-8-11-28(12-9-26)39(22-20-37)23-21-38/h1,8-12,24,30-33H,5-7,13-23H2,2-3H3/t30-,31+,32+,33-,35-,36-/m0/s1. The van der Waals surface area contributed by atoms with E-state index in [0.29, 0.717) is 41.9 Å². The Balaban J connectivity index is 1.14. The molecule has 4 aliphatic carbocycles. The van der Waals surface area contributed by atoms with E-state index in [4.69, 9.17) is 39.1 Å². The van der Waals surface area contributed by atoms with Gasteiger partial charge >= 0.3 is 11.9 Å². The first kappa shape index (κ1) is 32.0. The fourth-order valence-electron chi connectivity index (χ4n) is 8.77. The van der Waals surface area contributed by atoms with Crippen LogP contribution in [0.15, 0.2) is 47.7 Å². The second-order valence-corrected chi connectivity index (χ2v) is 13.8. The van der Waals surface area contributed by atoms with E-state index >= 15 is 0 Å². The summed E-state index contributed by atoms with van der Waals surface area (Å²) in [6.07, 6.45) is 19.2. The average Bonchev–Trinajstić information content (AvgIpc) is 3.28. The van der Waals surface area contributed by atoms with Crippen molar-refractivity contribution in [2.75, 3.05) is 29.7 Å². The van der Waals surface area contributed by atoms with Crippen molar-refractivity contribution in [1.29, 1.82) is 0 Å². The average molecular weight is 627 g/mol. The van der Waals surface area contributed by atoms with E-state index in [1.54, 1.807) is 0 Å². The Labute approximate surface area is 267 Å². The first-order valence-electron chi connectivity index (χ1n) is 16.0. The van der Waals surface area contributed by atoms with Gasteiger partial charge in [0.15, 0.2) is 5.60 Å². The van der Waals surface area contributed by atoms with Crippen LogP contribution in [0.25, 0.3) is 0 Å². The highest BCUT2D eigenvalue weighted by Crippen LogP contribution is 2.65. The number of carbonyl (C=O) groups is 2. The van der Waals surface area contributed by atoms with Gasteiger partial charge in [-0.2, -0.15) is 0 Å². The minimum Gasteiger partial charge on any atom is -0.445 e. The lowest BCUT2D eigenvalue weighted by atomic mass is 9.51. The van der Waals surface area contributed by atoms with E-state index in [1.165, 1.54) is 18.1 Å². The molecule has 5 rings (SSSR count). The molecule has 0 bridgehead atoms. The maximum Gasteiger partial charge on any atom is 0.310 e. The third-order valence-electron chi connectivity index (χ3n) is 10.9. The number of rotatable bonds is 11. The quantitative estimate of drug-likeness (QED) is 0.142. The Bertz CT molecular complexity index is 1280. The van der Waals surface area contributed by atoms with Crippen molar-refractivity contribution in [3.05, 3.63) is 53.3 Å². The molecule has 4 aliphatic rings. The van der Waals surface area contributed by atoms with Crippen molar-refractivity contribution >= 4 is 40.8 Å². The Kier molecular flexibility index (Phi) is 10.2. The summed E-state index contributed by atoms with van der Waals surface area (Å²) in [7, 11) is 0. The predicted octanol–water partition coefficient (Wildman–Crippen LogP) is 7.84. The number of esters is 2. The molecular weight excluding hydrogens is 581 g/mol. The van der Waals surface area contributed by atoms with Crippen LogP contribution in [0, 0.1) is 41.4 Å². The Morgan fingerprint density at radius 1 is 1.07 bits per heavy atom. The Morgan fingerprint density at radius 3 is 2.49 bits per heavy atom. The number of anilines is 1. The SMILES string of the molecule is C#C[C@]1(OC(C)=O)CC[C@H]2[C@@H]3CC=C4C=C(OC(=O)CCCc5ccc(N(CCCl)CCCl)cc5)CC[C@@H]4[C@H]3CC[C@@]21C. The normalized spacial score (nSPS) is 31.0. The number of ether oxygens (including phenoxy) is 2. The first-order valence-corrected chi connectivity index (χ1v) is 17.0. The van der Waals surface area contributed by atoms with E-state index < -0.39 is 5.60 Å². The van der Waals surface area contributed by atoms with Crippen LogP contribution in [0.4, 0.5) is 5.69 Å². The van der Waals surface area contributed by atoms with Crippen molar-refractivity contribution in [2.24, 2.45) is 29.1 Å². The summed E-state index contributed by atoms with van der Waals surface area (Å²) >= 11 is 11.9. The fraction of sp³-hybridized carbons (Fsp3) is 0.611. The van der Waals surface area contributed by atoms with Crippen LogP contribution in [0.1, 0.15) is 77.2 Å². The van der Waals surface area contributed by atoms with Gasteiger partial charge in [-0.25, -0.2) is 0 Å². The number of fused-ring (bicyclic) bond motifs is 5. The second kappa shape index (κ2) is 13.7. The number of terminal acetylenes is 1. The van der Waals surface area contributed by atoms with Crippen LogP contribution in [-0.2, 0) is 25.5 Å². The lowest BCUT2D eigenvalue weighted by Crippen LogP contribution is -2.53. The highest BCUT2D eigenvalue weighted by atomic mass is 35.5. The van der Waals surface area contributed by atoms with Gasteiger partial charge in [0.25, 0.3) is 0 Å². The molecule has 1 aromatic rings. The van der Waals surface area contributed by atoms with E-state index in [0.717, 1.165) is 82.3 Å². The Morgan fingerprint density at radius 2 is 1.81 bits per heavy atom. The minimum absolute atomic E-state index is 0.151. The lowest BCUT2D eigenvalue weighted by molar-refractivity contribution is -0.167. The summed E-state index contributed by atoms with van der Waals surface area (Å²) in [5, 5.41) is 0. The Hall–Kier alpha value is -2.42. The van der Waals surface area contributed by atoms with Crippen LogP contribution in [0.3, 0.4) is 0 Å².